The Bertz CT molecular complexity index is 1020. The minimum atomic E-state index is -3.68. The number of carbonyl (C=O) groups is 1. The van der Waals surface area contributed by atoms with Gasteiger partial charge in [-0.2, -0.15) is 0 Å². The Hall–Kier alpha value is -2.88. The van der Waals surface area contributed by atoms with Gasteiger partial charge in [-0.3, -0.25) is 9.69 Å². The Morgan fingerprint density at radius 1 is 1.09 bits per heavy atom. The molecule has 0 atom stereocenters. The van der Waals surface area contributed by atoms with Gasteiger partial charge in [0.2, 0.25) is 10.0 Å². The monoisotopic (exact) mass is 459 g/mol. The first-order chi connectivity index (χ1) is 15.4. The molecule has 0 saturated carbocycles. The van der Waals surface area contributed by atoms with Gasteiger partial charge < -0.3 is 14.4 Å². The normalized spacial score (nSPS) is 14.7. The molecule has 1 N–H and O–H groups in total. The van der Waals surface area contributed by atoms with E-state index in [-0.39, 0.29) is 17.3 Å². The molecule has 9 heteroatoms. The van der Waals surface area contributed by atoms with Crippen molar-refractivity contribution < 1.29 is 22.7 Å². The summed E-state index contributed by atoms with van der Waals surface area (Å²) in [5.41, 5.74) is 0.364. The van der Waals surface area contributed by atoms with Crippen molar-refractivity contribution in [3.63, 3.8) is 0 Å². The maximum absolute atomic E-state index is 12.9. The molecule has 32 heavy (non-hydrogen) atoms. The lowest BCUT2D eigenvalue weighted by Crippen LogP contribution is -2.49. The predicted molar refractivity (Wildman–Crippen MR) is 123 cm³/mol. The molecule has 0 aliphatic carbocycles. The molecule has 1 heterocycles. The van der Waals surface area contributed by atoms with Gasteiger partial charge in [-0.05, 0) is 42.5 Å². The molecule has 1 aliphatic rings. The number of carbonyl (C=O) groups excluding carboxylic acids is 1. The molecular weight excluding hydrogens is 430 g/mol. The average Bonchev–Trinajstić information content (AvgIpc) is 2.83. The second-order valence-electron chi connectivity index (χ2n) is 7.33. The largest absolute Gasteiger partial charge is 0.497 e. The van der Waals surface area contributed by atoms with Crippen LogP contribution >= 0.6 is 0 Å². The molecule has 0 unspecified atom stereocenters. The highest BCUT2D eigenvalue weighted by Gasteiger charge is 2.23. The molecule has 172 valence electrons. The number of nitrogens with zero attached hydrogens (tertiary/aromatic N) is 2. The molecule has 0 radical (unpaired) electrons. The summed E-state index contributed by atoms with van der Waals surface area (Å²) in [6.45, 7) is 7.57. The highest BCUT2D eigenvalue weighted by atomic mass is 32.2. The third-order valence-electron chi connectivity index (χ3n) is 5.20. The fraction of sp³-hybridized carbons (Fsp3) is 0.348. The van der Waals surface area contributed by atoms with E-state index in [1.165, 1.54) is 18.2 Å². The topological polar surface area (TPSA) is 88.2 Å². The Balaban J connectivity index is 1.48. The Kier molecular flexibility index (Phi) is 8.26. The summed E-state index contributed by atoms with van der Waals surface area (Å²) in [5, 5.41) is 0. The van der Waals surface area contributed by atoms with Gasteiger partial charge in [0.25, 0.3) is 5.91 Å². The van der Waals surface area contributed by atoms with Crippen molar-refractivity contribution in [2.75, 3.05) is 53.0 Å². The number of hydrogen-bond donors (Lipinski definition) is 1. The van der Waals surface area contributed by atoms with E-state index >= 15 is 0 Å². The first-order valence-electron chi connectivity index (χ1n) is 10.4. The molecule has 1 fully saturated rings. The number of ether oxygens (including phenoxy) is 2. The third kappa shape index (κ3) is 6.32. The van der Waals surface area contributed by atoms with Crippen molar-refractivity contribution in [2.24, 2.45) is 0 Å². The van der Waals surface area contributed by atoms with Gasteiger partial charge in [0.1, 0.15) is 18.1 Å². The van der Waals surface area contributed by atoms with E-state index in [0.29, 0.717) is 25.3 Å². The number of amides is 1. The molecule has 1 amide bonds. The Morgan fingerprint density at radius 3 is 2.44 bits per heavy atom. The smallest absolute Gasteiger partial charge is 0.253 e. The van der Waals surface area contributed by atoms with E-state index in [1.54, 1.807) is 24.1 Å². The lowest BCUT2D eigenvalue weighted by molar-refractivity contribution is 0.0620. The lowest BCUT2D eigenvalue weighted by atomic mass is 10.2. The SMILES string of the molecule is C=CCNS(=O)(=O)c1cccc(C(=O)N2CCN(CCOc3ccc(OC)cc3)CC2)c1. The van der Waals surface area contributed by atoms with Crippen LogP contribution in [-0.4, -0.2) is 77.1 Å². The maximum Gasteiger partial charge on any atom is 0.253 e. The van der Waals surface area contributed by atoms with E-state index < -0.39 is 10.0 Å². The standard InChI is InChI=1S/C23H29N3O5S/c1-3-11-24-32(28,29)22-6-4-5-19(18-22)23(27)26-14-12-25(13-15-26)16-17-31-21-9-7-20(30-2)8-10-21/h3-10,18,24H,1,11-17H2,2H3. The fourth-order valence-electron chi connectivity index (χ4n) is 3.37. The van der Waals surface area contributed by atoms with Gasteiger partial charge >= 0.3 is 0 Å². The van der Waals surface area contributed by atoms with Crippen molar-refractivity contribution in [3.05, 3.63) is 66.7 Å². The van der Waals surface area contributed by atoms with Crippen LogP contribution in [0.3, 0.4) is 0 Å². The van der Waals surface area contributed by atoms with E-state index in [9.17, 15) is 13.2 Å². The van der Waals surface area contributed by atoms with Crippen molar-refractivity contribution in [1.82, 2.24) is 14.5 Å². The summed E-state index contributed by atoms with van der Waals surface area (Å²) in [6.07, 6.45) is 1.47. The average molecular weight is 460 g/mol. The van der Waals surface area contributed by atoms with Crippen LogP contribution in [0.25, 0.3) is 0 Å². The number of sulfonamides is 1. The minimum absolute atomic E-state index is 0.0690. The molecule has 2 aromatic rings. The number of hydrogen-bond acceptors (Lipinski definition) is 6. The van der Waals surface area contributed by atoms with Crippen LogP contribution in [0.4, 0.5) is 0 Å². The van der Waals surface area contributed by atoms with Crippen LogP contribution in [-0.2, 0) is 10.0 Å². The van der Waals surface area contributed by atoms with Crippen LogP contribution in [0.15, 0.2) is 66.1 Å². The van der Waals surface area contributed by atoms with Crippen molar-refractivity contribution in [2.45, 2.75) is 4.90 Å². The Morgan fingerprint density at radius 2 is 1.78 bits per heavy atom. The second-order valence-corrected chi connectivity index (χ2v) is 9.09. The van der Waals surface area contributed by atoms with Gasteiger partial charge in [0.05, 0.1) is 12.0 Å². The number of benzene rings is 2. The summed E-state index contributed by atoms with van der Waals surface area (Å²) in [4.78, 5) is 17.0. The maximum atomic E-state index is 12.9. The predicted octanol–water partition coefficient (Wildman–Crippen LogP) is 2.00. The van der Waals surface area contributed by atoms with Crippen LogP contribution in [0.1, 0.15) is 10.4 Å². The van der Waals surface area contributed by atoms with Gasteiger partial charge in [0.15, 0.2) is 0 Å². The van der Waals surface area contributed by atoms with Gasteiger partial charge in [-0.1, -0.05) is 12.1 Å². The first-order valence-corrected chi connectivity index (χ1v) is 11.9. The molecule has 0 aromatic heterocycles. The van der Waals surface area contributed by atoms with Crippen LogP contribution in [0.2, 0.25) is 0 Å². The zero-order chi connectivity index (χ0) is 23.0. The van der Waals surface area contributed by atoms with Crippen molar-refractivity contribution in [3.8, 4) is 11.5 Å². The second kappa shape index (κ2) is 11.1. The summed E-state index contributed by atoms with van der Waals surface area (Å²) in [6, 6.07) is 13.6. The number of rotatable bonds is 10. The zero-order valence-corrected chi connectivity index (χ0v) is 19.0. The summed E-state index contributed by atoms with van der Waals surface area (Å²) in [5.74, 6) is 1.41. The number of piperazine rings is 1. The molecule has 0 spiro atoms. The van der Waals surface area contributed by atoms with Crippen LogP contribution < -0.4 is 14.2 Å². The van der Waals surface area contributed by atoms with E-state index in [0.717, 1.165) is 31.1 Å². The van der Waals surface area contributed by atoms with Gasteiger partial charge in [-0.25, -0.2) is 13.1 Å². The van der Waals surface area contributed by atoms with Gasteiger partial charge in [-0.15, -0.1) is 6.58 Å². The molecule has 8 nitrogen and oxygen atoms in total. The highest BCUT2D eigenvalue weighted by molar-refractivity contribution is 7.89. The van der Waals surface area contributed by atoms with Crippen LogP contribution in [0.5, 0.6) is 11.5 Å². The molecule has 2 aromatic carbocycles. The molecule has 0 bridgehead atoms. The molecule has 1 saturated heterocycles. The minimum Gasteiger partial charge on any atom is -0.497 e. The van der Waals surface area contributed by atoms with E-state index in [4.69, 9.17) is 9.47 Å². The van der Waals surface area contributed by atoms with Crippen LogP contribution in [0, 0.1) is 0 Å². The third-order valence-corrected chi connectivity index (χ3v) is 6.63. The quantitative estimate of drug-likeness (QED) is 0.547. The summed E-state index contributed by atoms with van der Waals surface area (Å²) in [7, 11) is -2.05. The van der Waals surface area contributed by atoms with Crippen molar-refractivity contribution >= 4 is 15.9 Å². The highest BCUT2D eigenvalue weighted by Crippen LogP contribution is 2.17. The zero-order valence-electron chi connectivity index (χ0n) is 18.2. The first kappa shape index (κ1) is 23.8. The Labute approximate surface area is 189 Å². The fourth-order valence-corrected chi connectivity index (χ4v) is 4.41. The molecule has 3 rings (SSSR count). The summed E-state index contributed by atoms with van der Waals surface area (Å²) >= 11 is 0. The van der Waals surface area contributed by atoms with E-state index in [1.807, 2.05) is 24.3 Å². The molecule has 1 aliphatic heterocycles. The number of nitrogens with one attached hydrogen (secondary N) is 1. The molecular formula is C23H29N3O5S. The summed E-state index contributed by atoms with van der Waals surface area (Å²) < 4.78 is 38.0. The van der Waals surface area contributed by atoms with Gasteiger partial charge in [0, 0.05) is 44.8 Å². The van der Waals surface area contributed by atoms with E-state index in [2.05, 4.69) is 16.2 Å². The number of methoxy groups -OCH3 is 1. The van der Waals surface area contributed by atoms with Crippen molar-refractivity contribution in [1.29, 1.82) is 0 Å². The lowest BCUT2D eigenvalue weighted by Gasteiger charge is -2.34.